The molecular formula is C70H100Cl4N12O17. The highest BCUT2D eigenvalue weighted by Gasteiger charge is 2.28. The van der Waals surface area contributed by atoms with Gasteiger partial charge in [0.2, 0.25) is 35.4 Å². The first kappa shape index (κ1) is 87.7. The second kappa shape index (κ2) is 54.9. The number of carboxylic acids is 2. The Morgan fingerprint density at radius 1 is 0.398 bits per heavy atom. The number of alkyl carbamates (subject to hydrolysis) is 1. The third-order valence-electron chi connectivity index (χ3n) is 15.1. The Balaban J connectivity index is 0.937. The van der Waals surface area contributed by atoms with Gasteiger partial charge in [-0.15, -0.1) is 0 Å². The molecule has 0 aliphatic rings. The van der Waals surface area contributed by atoms with Gasteiger partial charge in [0.05, 0.1) is 91.1 Å². The van der Waals surface area contributed by atoms with Crippen molar-refractivity contribution in [1.82, 2.24) is 52.5 Å². The summed E-state index contributed by atoms with van der Waals surface area (Å²) >= 11 is 24.7. The van der Waals surface area contributed by atoms with E-state index in [1.54, 1.807) is 12.4 Å². The lowest BCUT2D eigenvalue weighted by molar-refractivity contribution is -0.139. The van der Waals surface area contributed by atoms with Crippen LogP contribution in [0.3, 0.4) is 0 Å². The Labute approximate surface area is 621 Å². The molecular weight excluding hydrogens is 1420 g/mol. The van der Waals surface area contributed by atoms with Crippen molar-refractivity contribution < 1.29 is 81.8 Å². The van der Waals surface area contributed by atoms with Gasteiger partial charge in [-0.3, -0.25) is 43.7 Å². The number of carbonyl (C=O) groups excluding carboxylic acids is 7. The van der Waals surface area contributed by atoms with E-state index in [9.17, 15) is 53.4 Å². The molecule has 4 atom stereocenters. The van der Waals surface area contributed by atoms with Crippen LogP contribution in [0.15, 0.2) is 85.2 Å². The normalized spacial score (nSPS) is 12.2. The van der Waals surface area contributed by atoms with E-state index in [2.05, 4.69) is 63.1 Å². The number of ether oxygens (including phenoxy) is 6. The van der Waals surface area contributed by atoms with Crippen molar-refractivity contribution in [2.75, 3.05) is 123 Å². The van der Waals surface area contributed by atoms with Crippen molar-refractivity contribution in [2.24, 2.45) is 0 Å². The monoisotopic (exact) mass is 1520 g/mol. The summed E-state index contributed by atoms with van der Waals surface area (Å²) in [5, 5.41) is 49.4. The van der Waals surface area contributed by atoms with E-state index >= 15 is 0 Å². The molecule has 570 valence electrons. The van der Waals surface area contributed by atoms with Crippen LogP contribution in [0, 0.1) is 0 Å². The zero-order chi connectivity index (χ0) is 74.5. The fourth-order valence-electron chi connectivity index (χ4n) is 9.91. The first-order valence-corrected chi connectivity index (χ1v) is 36.2. The molecule has 12 N–H and O–H groups in total. The van der Waals surface area contributed by atoms with Crippen LogP contribution in [0.2, 0.25) is 20.1 Å². The van der Waals surface area contributed by atoms with E-state index in [0.29, 0.717) is 135 Å². The van der Waals surface area contributed by atoms with E-state index in [1.807, 2.05) is 36.4 Å². The Kier molecular flexibility index (Phi) is 46.7. The summed E-state index contributed by atoms with van der Waals surface area (Å²) in [6.45, 7) is 5.53. The van der Waals surface area contributed by atoms with Crippen LogP contribution in [0.5, 0.6) is 0 Å². The maximum atomic E-state index is 13.7. The van der Waals surface area contributed by atoms with Crippen LogP contribution < -0.4 is 53.2 Å². The van der Waals surface area contributed by atoms with E-state index < -0.39 is 66.9 Å². The highest BCUT2D eigenvalue weighted by atomic mass is 35.5. The summed E-state index contributed by atoms with van der Waals surface area (Å²) in [4.78, 5) is 123. The zero-order valence-electron chi connectivity index (χ0n) is 58.1. The van der Waals surface area contributed by atoms with Crippen LogP contribution >= 0.6 is 46.4 Å². The summed E-state index contributed by atoms with van der Waals surface area (Å²) in [6, 6.07) is 16.2. The number of halogens is 4. The number of carboxylic acid groups (broad SMARTS) is 2. The van der Waals surface area contributed by atoms with Gasteiger partial charge >= 0.3 is 18.0 Å². The number of nitrogens with zero attached hydrogens (tertiary/aromatic N) is 2. The number of aromatic nitrogens is 2. The minimum atomic E-state index is -1.16. The quantitative estimate of drug-likeness (QED) is 0.0147. The maximum Gasteiger partial charge on any atom is 0.407 e. The van der Waals surface area contributed by atoms with Gasteiger partial charge in [-0.05, 0) is 155 Å². The number of nitrogens with one attached hydrogen (secondary N) is 10. The second-order valence-electron chi connectivity index (χ2n) is 23.6. The van der Waals surface area contributed by atoms with Crippen molar-refractivity contribution in [1.29, 1.82) is 0 Å². The van der Waals surface area contributed by atoms with Crippen LogP contribution in [0.1, 0.15) is 139 Å². The maximum absolute atomic E-state index is 13.7. The van der Waals surface area contributed by atoms with Gasteiger partial charge in [0.15, 0.2) is 0 Å². The number of anilines is 2. The summed E-state index contributed by atoms with van der Waals surface area (Å²) < 4.78 is 32.7. The Morgan fingerprint density at radius 2 is 0.786 bits per heavy atom. The van der Waals surface area contributed by atoms with Gasteiger partial charge < -0.3 is 86.5 Å². The van der Waals surface area contributed by atoms with Crippen molar-refractivity contribution >= 4 is 112 Å². The third kappa shape index (κ3) is 43.9. The minimum Gasteiger partial charge on any atom is -0.481 e. The largest absolute Gasteiger partial charge is 0.481 e. The van der Waals surface area contributed by atoms with Gasteiger partial charge in [0, 0.05) is 90.9 Å². The van der Waals surface area contributed by atoms with E-state index in [0.717, 1.165) is 18.1 Å². The number of carbonyl (C=O) groups is 9. The summed E-state index contributed by atoms with van der Waals surface area (Å²) in [6.07, 6.45) is 8.74. The van der Waals surface area contributed by atoms with Crippen molar-refractivity contribution in [2.45, 2.75) is 140 Å². The standard InChI is InChI=1S/C70H100Cl4N12O17/c71-52-41-50(42-53(72)45-52)58(47-66(91)92)85-68(95)56(83-64(89)19-5-11-26-78-60-17-3-9-24-76-60)15-1-7-28-80-62(87)21-31-98-33-35-100-37-38-102-49-75-23-13-14-30-82-70(97)103-40-39-101-36-34-99-32-22-63(88)81-29-8-2-16-57(84-65(90)20-6-12-27-79-61-18-4-10-25-77-61)69(96)86-59(48-67(93)94)51-43-54(73)46-55(74)44-51/h3-4,9-10,17-18,24-25,41-46,56-59,75H,1-2,5-8,11-16,19-23,26-40,47-49H2,(H,76,78)(H,77,79)(H,80,87)(H,81,88)(H,82,97)(H,83,89)(H,84,90)(H,85,95)(H,86,96)(H,91,92)(H,93,94). The number of benzene rings is 2. The number of unbranched alkanes of at least 4 members (excludes halogenated alkanes) is 5. The van der Waals surface area contributed by atoms with Crippen molar-refractivity contribution in [3.05, 3.63) is 116 Å². The number of rotatable bonds is 59. The van der Waals surface area contributed by atoms with Crippen LogP contribution in [-0.2, 0) is 66.8 Å². The van der Waals surface area contributed by atoms with E-state index in [1.165, 1.54) is 36.4 Å². The van der Waals surface area contributed by atoms with Crippen LogP contribution in [0.25, 0.3) is 0 Å². The van der Waals surface area contributed by atoms with Gasteiger partial charge in [-0.2, -0.15) is 0 Å². The lowest BCUT2D eigenvalue weighted by Gasteiger charge is -2.23. The first-order valence-electron chi connectivity index (χ1n) is 34.7. The Bertz CT molecular complexity index is 3100. The van der Waals surface area contributed by atoms with Crippen LogP contribution in [0.4, 0.5) is 16.4 Å². The fourth-order valence-corrected chi connectivity index (χ4v) is 11.0. The lowest BCUT2D eigenvalue weighted by atomic mass is 10.0. The Morgan fingerprint density at radius 3 is 1.21 bits per heavy atom. The van der Waals surface area contributed by atoms with Crippen molar-refractivity contribution in [3.8, 4) is 0 Å². The first-order chi connectivity index (χ1) is 49.8. The molecule has 33 heteroatoms. The second-order valence-corrected chi connectivity index (χ2v) is 25.4. The van der Waals surface area contributed by atoms with E-state index in [-0.39, 0.29) is 128 Å². The molecule has 103 heavy (non-hydrogen) atoms. The Hall–Kier alpha value is -7.71. The molecule has 4 unspecified atom stereocenters. The van der Waals surface area contributed by atoms with Gasteiger partial charge in [0.25, 0.3) is 0 Å². The molecule has 2 aromatic heterocycles. The molecule has 0 saturated heterocycles. The topological polar surface area (TPSA) is 396 Å². The van der Waals surface area contributed by atoms with E-state index in [4.69, 9.17) is 74.8 Å². The number of pyridine rings is 2. The molecule has 0 fully saturated rings. The van der Waals surface area contributed by atoms with Gasteiger partial charge in [0.1, 0.15) is 30.3 Å². The number of hydrogen-bond acceptors (Lipinski definition) is 20. The molecule has 29 nitrogen and oxygen atoms in total. The molecule has 2 heterocycles. The number of aliphatic carboxylic acids is 2. The minimum absolute atomic E-state index is 0.0423. The molecule has 0 aliphatic carbocycles. The average molecular weight is 1520 g/mol. The molecule has 0 bridgehead atoms. The highest BCUT2D eigenvalue weighted by molar-refractivity contribution is 6.35. The van der Waals surface area contributed by atoms with Crippen molar-refractivity contribution in [3.63, 3.8) is 0 Å². The van der Waals surface area contributed by atoms with Gasteiger partial charge in [-0.1, -0.05) is 58.5 Å². The molecule has 4 rings (SSSR count). The lowest BCUT2D eigenvalue weighted by Crippen LogP contribution is -2.48. The molecule has 4 aromatic rings. The molecule has 0 spiro atoms. The summed E-state index contributed by atoms with van der Waals surface area (Å²) in [7, 11) is 0. The average Bonchev–Trinajstić information content (AvgIpc) is 0.852. The third-order valence-corrected chi connectivity index (χ3v) is 16.0. The molecule has 0 aliphatic heterocycles. The summed E-state index contributed by atoms with van der Waals surface area (Å²) in [5.41, 5.74) is 0.799. The highest BCUT2D eigenvalue weighted by Crippen LogP contribution is 2.28. The smallest absolute Gasteiger partial charge is 0.407 e. The fraction of sp³-hybridized carbons (Fsp3) is 0.557. The number of amides is 7. The predicted molar refractivity (Wildman–Crippen MR) is 390 cm³/mol. The summed E-state index contributed by atoms with van der Waals surface area (Å²) in [5.74, 6) is -3.12. The van der Waals surface area contributed by atoms with Crippen LogP contribution in [-0.4, -0.2) is 198 Å². The molecule has 2 aromatic carbocycles. The predicted octanol–water partition coefficient (Wildman–Crippen LogP) is 8.08. The number of hydrogen-bond donors (Lipinski definition) is 12. The molecule has 7 amide bonds. The van der Waals surface area contributed by atoms with Gasteiger partial charge in [-0.25, -0.2) is 14.8 Å². The molecule has 0 saturated carbocycles. The zero-order valence-corrected chi connectivity index (χ0v) is 61.1. The SMILES string of the molecule is O=C(O)CC(NC(=O)C(CCCCNC(=O)CCOCCOCCOCNCCCCNC(=O)OCCOCCOCCC(=O)NCCCCC(NC(=O)CCCCNc1ccccn1)C(=O)NC(CC(=O)O)c1cc(Cl)cc(Cl)c1)NC(=O)CCCCNc1ccccn1)c1cc(Cl)cc(Cl)c1. The molecule has 0 radical (unpaired) electrons.